The number of methoxy groups -OCH3 is 1. The average molecular weight is 244 g/mol. The lowest BCUT2D eigenvalue weighted by molar-refractivity contribution is 0.174. The minimum absolute atomic E-state index is 0.257. The molecule has 0 atom stereocenters. The van der Waals surface area contributed by atoms with Crippen LogP contribution in [0.15, 0.2) is 42.5 Å². The third-order valence-corrected chi connectivity index (χ3v) is 2.64. The van der Waals surface area contributed by atoms with Crippen LogP contribution in [0.1, 0.15) is 0 Å². The molecule has 0 aliphatic carbocycles. The molecule has 0 aromatic heterocycles. The standard InChI is InChI=1S/C14H12O4/c1-15-11-4-2-3-5-13(11)18-10-6-7-12-14(8-10)17-9-16-12/h2-8H,9H2,1H3. The Labute approximate surface area is 105 Å². The summed E-state index contributed by atoms with van der Waals surface area (Å²) < 4.78 is 21.5. The van der Waals surface area contributed by atoms with Gasteiger partial charge >= 0.3 is 0 Å². The van der Waals surface area contributed by atoms with E-state index in [0.29, 0.717) is 23.0 Å². The molecule has 0 unspecified atom stereocenters. The third-order valence-electron chi connectivity index (χ3n) is 2.64. The van der Waals surface area contributed by atoms with E-state index in [9.17, 15) is 0 Å². The summed E-state index contributed by atoms with van der Waals surface area (Å²) in [6, 6.07) is 12.9. The predicted octanol–water partition coefficient (Wildman–Crippen LogP) is 3.22. The molecule has 0 saturated carbocycles. The Morgan fingerprint density at radius 3 is 2.56 bits per heavy atom. The molecule has 0 bridgehead atoms. The maximum absolute atomic E-state index is 5.77. The zero-order chi connectivity index (χ0) is 12.4. The average Bonchev–Trinajstić information content (AvgIpc) is 2.87. The summed E-state index contributed by atoms with van der Waals surface area (Å²) in [6.07, 6.45) is 0. The fourth-order valence-corrected chi connectivity index (χ4v) is 1.77. The van der Waals surface area contributed by atoms with E-state index in [-0.39, 0.29) is 6.79 Å². The van der Waals surface area contributed by atoms with Crippen LogP contribution in [-0.2, 0) is 0 Å². The summed E-state index contributed by atoms with van der Waals surface area (Å²) in [4.78, 5) is 0. The topological polar surface area (TPSA) is 36.9 Å². The van der Waals surface area contributed by atoms with Gasteiger partial charge in [-0.3, -0.25) is 0 Å². The zero-order valence-corrected chi connectivity index (χ0v) is 9.88. The molecule has 4 heteroatoms. The molecule has 0 saturated heterocycles. The first kappa shape index (κ1) is 10.8. The number of para-hydroxylation sites is 2. The molecule has 2 aromatic rings. The second-order valence-corrected chi connectivity index (χ2v) is 3.77. The largest absolute Gasteiger partial charge is 0.493 e. The minimum atomic E-state index is 0.257. The maximum Gasteiger partial charge on any atom is 0.231 e. The van der Waals surface area contributed by atoms with Crippen LogP contribution in [0, 0.1) is 0 Å². The summed E-state index contributed by atoms with van der Waals surface area (Å²) in [5, 5.41) is 0. The number of ether oxygens (including phenoxy) is 4. The normalized spacial score (nSPS) is 12.3. The predicted molar refractivity (Wildman–Crippen MR) is 65.6 cm³/mol. The SMILES string of the molecule is COc1ccccc1Oc1ccc2c(c1)OCO2. The van der Waals surface area contributed by atoms with Crippen LogP contribution < -0.4 is 18.9 Å². The van der Waals surface area contributed by atoms with Crippen molar-refractivity contribution in [2.45, 2.75) is 0 Å². The van der Waals surface area contributed by atoms with Crippen LogP contribution in [0.4, 0.5) is 0 Å². The highest BCUT2D eigenvalue weighted by Gasteiger charge is 2.14. The Bertz CT molecular complexity index is 565. The first-order chi connectivity index (χ1) is 8.86. The molecule has 0 fully saturated rings. The summed E-state index contributed by atoms with van der Waals surface area (Å²) in [5.74, 6) is 3.47. The van der Waals surface area contributed by atoms with Gasteiger partial charge in [-0.2, -0.15) is 0 Å². The van der Waals surface area contributed by atoms with Crippen LogP contribution in [-0.4, -0.2) is 13.9 Å². The lowest BCUT2D eigenvalue weighted by Gasteiger charge is -2.10. The number of rotatable bonds is 3. The highest BCUT2D eigenvalue weighted by Crippen LogP contribution is 2.38. The number of benzene rings is 2. The monoisotopic (exact) mass is 244 g/mol. The fourth-order valence-electron chi connectivity index (χ4n) is 1.77. The van der Waals surface area contributed by atoms with Gasteiger partial charge in [-0.05, 0) is 24.3 Å². The summed E-state index contributed by atoms with van der Waals surface area (Å²) in [6.45, 7) is 0.257. The van der Waals surface area contributed by atoms with Crippen molar-refractivity contribution in [3.05, 3.63) is 42.5 Å². The Balaban J connectivity index is 1.88. The number of hydrogen-bond acceptors (Lipinski definition) is 4. The second-order valence-electron chi connectivity index (χ2n) is 3.77. The van der Waals surface area contributed by atoms with E-state index in [4.69, 9.17) is 18.9 Å². The van der Waals surface area contributed by atoms with Gasteiger partial charge in [0.1, 0.15) is 5.75 Å². The second kappa shape index (κ2) is 4.49. The molecule has 0 spiro atoms. The molecule has 0 radical (unpaired) electrons. The van der Waals surface area contributed by atoms with Crippen LogP contribution in [0.25, 0.3) is 0 Å². The maximum atomic E-state index is 5.77. The van der Waals surface area contributed by atoms with Gasteiger partial charge < -0.3 is 18.9 Å². The van der Waals surface area contributed by atoms with E-state index in [1.165, 1.54) is 0 Å². The smallest absolute Gasteiger partial charge is 0.231 e. The van der Waals surface area contributed by atoms with Gasteiger partial charge in [-0.25, -0.2) is 0 Å². The molecular weight excluding hydrogens is 232 g/mol. The van der Waals surface area contributed by atoms with E-state index in [1.54, 1.807) is 13.2 Å². The lowest BCUT2D eigenvalue weighted by Crippen LogP contribution is -1.93. The van der Waals surface area contributed by atoms with Crippen molar-refractivity contribution in [3.8, 4) is 28.7 Å². The first-order valence-electron chi connectivity index (χ1n) is 5.57. The van der Waals surface area contributed by atoms with Crippen molar-refractivity contribution in [2.75, 3.05) is 13.9 Å². The van der Waals surface area contributed by atoms with Crippen LogP contribution in [0.5, 0.6) is 28.7 Å². The number of fused-ring (bicyclic) bond motifs is 1. The van der Waals surface area contributed by atoms with Gasteiger partial charge in [-0.1, -0.05) is 12.1 Å². The highest BCUT2D eigenvalue weighted by molar-refractivity contribution is 5.49. The van der Waals surface area contributed by atoms with E-state index in [0.717, 1.165) is 5.75 Å². The molecular formula is C14H12O4. The number of hydrogen-bond donors (Lipinski definition) is 0. The first-order valence-corrected chi connectivity index (χ1v) is 5.57. The molecule has 2 aromatic carbocycles. The summed E-state index contributed by atoms with van der Waals surface area (Å²) in [5.41, 5.74) is 0. The van der Waals surface area contributed by atoms with Crippen molar-refractivity contribution in [3.63, 3.8) is 0 Å². The quantitative estimate of drug-likeness (QED) is 0.830. The molecule has 3 rings (SSSR count). The minimum Gasteiger partial charge on any atom is -0.493 e. The van der Waals surface area contributed by atoms with Gasteiger partial charge in [0.25, 0.3) is 0 Å². The molecule has 1 aliphatic heterocycles. The van der Waals surface area contributed by atoms with Crippen molar-refractivity contribution in [1.29, 1.82) is 0 Å². The van der Waals surface area contributed by atoms with Crippen molar-refractivity contribution in [1.82, 2.24) is 0 Å². The Morgan fingerprint density at radius 1 is 0.944 bits per heavy atom. The van der Waals surface area contributed by atoms with Gasteiger partial charge in [0.2, 0.25) is 6.79 Å². The Hall–Kier alpha value is -2.36. The molecule has 1 heterocycles. The Kier molecular flexibility index (Phi) is 2.68. The van der Waals surface area contributed by atoms with E-state index in [2.05, 4.69) is 0 Å². The lowest BCUT2D eigenvalue weighted by atomic mass is 10.3. The van der Waals surface area contributed by atoms with Gasteiger partial charge in [-0.15, -0.1) is 0 Å². The Morgan fingerprint density at radius 2 is 1.72 bits per heavy atom. The summed E-state index contributed by atoms with van der Waals surface area (Å²) in [7, 11) is 1.61. The van der Waals surface area contributed by atoms with Crippen LogP contribution in [0.3, 0.4) is 0 Å². The van der Waals surface area contributed by atoms with Gasteiger partial charge in [0, 0.05) is 6.07 Å². The van der Waals surface area contributed by atoms with Crippen molar-refractivity contribution < 1.29 is 18.9 Å². The van der Waals surface area contributed by atoms with E-state index < -0.39 is 0 Å². The van der Waals surface area contributed by atoms with E-state index >= 15 is 0 Å². The molecule has 18 heavy (non-hydrogen) atoms. The highest BCUT2D eigenvalue weighted by atomic mass is 16.7. The van der Waals surface area contributed by atoms with Crippen LogP contribution >= 0.6 is 0 Å². The van der Waals surface area contributed by atoms with Crippen molar-refractivity contribution >= 4 is 0 Å². The zero-order valence-electron chi connectivity index (χ0n) is 9.88. The van der Waals surface area contributed by atoms with Crippen LogP contribution in [0.2, 0.25) is 0 Å². The van der Waals surface area contributed by atoms with Gasteiger partial charge in [0.15, 0.2) is 23.0 Å². The van der Waals surface area contributed by atoms with Gasteiger partial charge in [0.05, 0.1) is 7.11 Å². The van der Waals surface area contributed by atoms with Crippen molar-refractivity contribution in [2.24, 2.45) is 0 Å². The molecule has 1 aliphatic rings. The fraction of sp³-hybridized carbons (Fsp3) is 0.143. The molecule has 0 N–H and O–H groups in total. The summed E-state index contributed by atoms with van der Waals surface area (Å²) >= 11 is 0. The molecule has 92 valence electrons. The van der Waals surface area contributed by atoms with E-state index in [1.807, 2.05) is 36.4 Å². The molecule has 4 nitrogen and oxygen atoms in total. The molecule has 0 amide bonds. The third kappa shape index (κ3) is 1.93.